The van der Waals surface area contributed by atoms with Crippen LogP contribution in [-0.4, -0.2) is 155 Å². The van der Waals surface area contributed by atoms with Crippen molar-refractivity contribution < 1.29 is 37.4 Å². The Hall–Kier alpha value is -5.73. The Morgan fingerprint density at radius 1 is 0.938 bits per heavy atom. The van der Waals surface area contributed by atoms with Crippen LogP contribution in [0, 0.1) is 5.41 Å². The number of likely N-dealkylation sites (tertiary alicyclic amines) is 3. The molecule has 5 fully saturated rings. The molecule has 0 saturated carbocycles. The lowest BCUT2D eigenvalue weighted by Gasteiger charge is -2.47. The summed E-state index contributed by atoms with van der Waals surface area (Å²) in [6.07, 6.45) is 9.91. The molecule has 3 aromatic heterocycles. The summed E-state index contributed by atoms with van der Waals surface area (Å²) in [5.41, 5.74) is 1.29. The Balaban J connectivity index is 0.696. The van der Waals surface area contributed by atoms with Crippen LogP contribution in [0.4, 0.5) is 30.8 Å². The highest BCUT2D eigenvalue weighted by atomic mass is 19.3. The third kappa shape index (κ3) is 9.79. The van der Waals surface area contributed by atoms with Gasteiger partial charge in [-0.1, -0.05) is 0 Å². The van der Waals surface area contributed by atoms with Crippen LogP contribution in [0.25, 0.3) is 5.65 Å². The molecule has 20 heteroatoms. The molecule has 5 aliphatic rings. The van der Waals surface area contributed by atoms with Gasteiger partial charge in [0.15, 0.2) is 11.3 Å². The molecule has 4 aromatic rings. The molecule has 8 heterocycles. The first-order valence-corrected chi connectivity index (χ1v) is 23.0. The predicted molar refractivity (Wildman–Crippen MR) is 237 cm³/mol. The lowest BCUT2D eigenvalue weighted by Crippen LogP contribution is -2.50. The molecule has 2 N–H and O–H groups in total. The highest BCUT2D eigenvalue weighted by Crippen LogP contribution is 2.42. The zero-order valence-electron chi connectivity index (χ0n) is 36.9. The van der Waals surface area contributed by atoms with Crippen molar-refractivity contribution in [2.75, 3.05) is 107 Å². The van der Waals surface area contributed by atoms with Crippen molar-refractivity contribution in [3.8, 4) is 5.75 Å². The molecule has 0 radical (unpaired) electrons. The van der Waals surface area contributed by atoms with Gasteiger partial charge in [0.1, 0.15) is 17.1 Å². The molecule has 5 saturated heterocycles. The van der Waals surface area contributed by atoms with Crippen molar-refractivity contribution in [2.24, 2.45) is 5.41 Å². The van der Waals surface area contributed by atoms with Gasteiger partial charge >= 0.3 is 6.03 Å². The highest BCUT2D eigenvalue weighted by molar-refractivity contribution is 6.09. The molecule has 9 rings (SSSR count). The fourth-order valence-electron chi connectivity index (χ4n) is 10.1. The number of halogens is 2. The van der Waals surface area contributed by atoms with Gasteiger partial charge in [-0.3, -0.25) is 29.3 Å². The largest absolute Gasteiger partial charge is 0.495 e. The van der Waals surface area contributed by atoms with Crippen LogP contribution in [0.15, 0.2) is 42.9 Å². The van der Waals surface area contributed by atoms with Crippen LogP contribution in [0.2, 0.25) is 0 Å². The lowest BCUT2D eigenvalue weighted by atomic mass is 9.71. The van der Waals surface area contributed by atoms with Gasteiger partial charge in [-0.25, -0.2) is 23.1 Å². The number of carbonyl (C=O) groups is 4. The third-order valence-electron chi connectivity index (χ3n) is 14.1. The highest BCUT2D eigenvalue weighted by Gasteiger charge is 2.39. The number of nitrogens with zero attached hydrogens (tertiary/aromatic N) is 10. The molecule has 0 aliphatic carbocycles. The zero-order chi connectivity index (χ0) is 45.1. The number of hydrogen-bond donors (Lipinski definition) is 2. The summed E-state index contributed by atoms with van der Waals surface area (Å²) in [6, 6.07) is 6.40. The van der Waals surface area contributed by atoms with Crippen LogP contribution < -0.4 is 25.2 Å². The third-order valence-corrected chi connectivity index (χ3v) is 14.1. The van der Waals surface area contributed by atoms with E-state index in [0.717, 1.165) is 90.6 Å². The second-order valence-corrected chi connectivity index (χ2v) is 17.9. The van der Waals surface area contributed by atoms with E-state index < -0.39 is 24.1 Å². The van der Waals surface area contributed by atoms with Gasteiger partial charge in [0, 0.05) is 70.2 Å². The number of imide groups is 1. The number of benzene rings is 1. The van der Waals surface area contributed by atoms with E-state index in [1.165, 1.54) is 28.9 Å². The molecule has 0 bridgehead atoms. The van der Waals surface area contributed by atoms with E-state index >= 15 is 0 Å². The number of amides is 5. The van der Waals surface area contributed by atoms with Crippen molar-refractivity contribution in [1.29, 1.82) is 0 Å². The Labute approximate surface area is 376 Å². The minimum Gasteiger partial charge on any atom is -0.495 e. The number of ether oxygens (including phenoxy) is 2. The molecule has 1 spiro atoms. The van der Waals surface area contributed by atoms with E-state index in [4.69, 9.17) is 9.47 Å². The Kier molecular flexibility index (Phi) is 13.3. The Morgan fingerprint density at radius 3 is 2.34 bits per heavy atom. The summed E-state index contributed by atoms with van der Waals surface area (Å²) >= 11 is 0. The number of alkyl halides is 2. The molecular formula is C45H58F2N12O6. The number of piperidine rings is 3. The standard InChI is InChI=1S/C45H58F2N12O6/c1-64-36-5-4-31(28-35(36)57-18-9-38(60)51-44(57)63)43(62)56-22-12-45(13-23-56)10-20-54(21-11-45)15-3-2-14-53-16-6-32(7-17-53)59-30-34(39(52-59)40(46)47)49-42(61)33-29-48-58-19-8-37(50-41(33)58)55-24-26-65-27-25-55/h4-5,8,19,28-30,32,40H,2-3,6-7,9-18,20-27H2,1H3,(H,49,61)(H,51,60,63). The van der Waals surface area contributed by atoms with Gasteiger partial charge in [0.05, 0.1) is 43.9 Å². The number of aromatic nitrogens is 5. The van der Waals surface area contributed by atoms with E-state index in [2.05, 4.69) is 40.5 Å². The van der Waals surface area contributed by atoms with Gasteiger partial charge in [0.25, 0.3) is 18.2 Å². The summed E-state index contributed by atoms with van der Waals surface area (Å²) in [7, 11) is 1.52. The second kappa shape index (κ2) is 19.4. The van der Waals surface area contributed by atoms with Crippen LogP contribution in [0.5, 0.6) is 5.75 Å². The van der Waals surface area contributed by atoms with Crippen molar-refractivity contribution >= 4 is 46.6 Å². The molecular weight excluding hydrogens is 843 g/mol. The first-order chi connectivity index (χ1) is 31.6. The second-order valence-electron chi connectivity index (χ2n) is 17.9. The van der Waals surface area contributed by atoms with Crippen LogP contribution >= 0.6 is 0 Å². The van der Waals surface area contributed by atoms with Crippen molar-refractivity contribution in [3.05, 3.63) is 59.7 Å². The first kappa shape index (κ1) is 44.5. The minimum atomic E-state index is -2.86. The lowest BCUT2D eigenvalue weighted by molar-refractivity contribution is -0.120. The summed E-state index contributed by atoms with van der Waals surface area (Å²) in [5, 5.41) is 13.5. The number of urea groups is 1. The summed E-state index contributed by atoms with van der Waals surface area (Å²) < 4.78 is 42.5. The van der Waals surface area contributed by atoms with Gasteiger partial charge < -0.3 is 34.4 Å². The average Bonchev–Trinajstić information content (AvgIpc) is 3.96. The molecule has 348 valence electrons. The number of morpholine rings is 1. The summed E-state index contributed by atoms with van der Waals surface area (Å²) in [4.78, 5) is 66.5. The van der Waals surface area contributed by atoms with Gasteiger partial charge in [-0.2, -0.15) is 10.2 Å². The quantitative estimate of drug-likeness (QED) is 0.175. The maximum Gasteiger partial charge on any atom is 0.328 e. The van der Waals surface area contributed by atoms with Crippen molar-refractivity contribution in [1.82, 2.24) is 44.4 Å². The molecule has 5 amide bonds. The van der Waals surface area contributed by atoms with Gasteiger partial charge in [0.2, 0.25) is 5.91 Å². The first-order valence-electron chi connectivity index (χ1n) is 23.0. The predicted octanol–water partition coefficient (Wildman–Crippen LogP) is 4.84. The molecule has 65 heavy (non-hydrogen) atoms. The van der Waals surface area contributed by atoms with E-state index in [1.54, 1.807) is 29.1 Å². The van der Waals surface area contributed by atoms with E-state index in [-0.39, 0.29) is 47.5 Å². The fourth-order valence-corrected chi connectivity index (χ4v) is 10.1. The topological polar surface area (TPSA) is 175 Å². The SMILES string of the molecule is COc1ccc(C(=O)N2CCC3(CCN(CCCCN4CCC(n5cc(NC(=O)c6cnn7ccc(N8CCOCC8)nc67)c(C(F)F)n5)CC4)CC3)CC2)cc1N1CCC(=O)NC1=O. The fraction of sp³-hybridized carbons (Fsp3) is 0.578. The molecule has 0 unspecified atom stereocenters. The smallest absolute Gasteiger partial charge is 0.328 e. The van der Waals surface area contributed by atoms with Crippen LogP contribution in [0.3, 0.4) is 0 Å². The number of hydrogen-bond acceptors (Lipinski definition) is 12. The maximum atomic E-state index is 14.2. The van der Waals surface area contributed by atoms with Crippen molar-refractivity contribution in [2.45, 2.75) is 70.3 Å². The molecule has 0 atom stereocenters. The monoisotopic (exact) mass is 900 g/mol. The van der Waals surface area contributed by atoms with Gasteiger partial charge in [-0.05, 0) is 107 Å². The van der Waals surface area contributed by atoms with Crippen molar-refractivity contribution in [3.63, 3.8) is 0 Å². The summed E-state index contributed by atoms with van der Waals surface area (Å²) in [5.74, 6) is 0.209. The normalized spacial score (nSPS) is 20.2. The Bertz CT molecular complexity index is 2360. The van der Waals surface area contributed by atoms with Crippen LogP contribution in [0.1, 0.15) is 96.7 Å². The number of nitrogens with one attached hydrogen (secondary N) is 2. The molecule has 1 aromatic carbocycles. The Morgan fingerprint density at radius 2 is 1.65 bits per heavy atom. The molecule has 5 aliphatic heterocycles. The average molecular weight is 901 g/mol. The number of carbonyl (C=O) groups excluding carboxylic acids is 4. The molecule has 18 nitrogen and oxygen atoms in total. The minimum absolute atomic E-state index is 0.00728. The zero-order valence-corrected chi connectivity index (χ0v) is 36.9. The maximum absolute atomic E-state index is 14.2. The number of fused-ring (bicyclic) bond motifs is 1. The summed E-state index contributed by atoms with van der Waals surface area (Å²) in [6.45, 7) is 9.98. The number of rotatable bonds is 13. The number of anilines is 3. The van der Waals surface area contributed by atoms with Crippen LogP contribution in [-0.2, 0) is 9.53 Å². The number of unbranched alkanes of at least 4 members (excludes halogenated alkanes) is 1. The number of methoxy groups -OCH3 is 1. The van der Waals surface area contributed by atoms with E-state index in [0.29, 0.717) is 67.9 Å². The van der Waals surface area contributed by atoms with Gasteiger partial charge in [-0.15, -0.1) is 0 Å². The van der Waals surface area contributed by atoms with E-state index in [1.807, 2.05) is 11.0 Å². The van der Waals surface area contributed by atoms with E-state index in [9.17, 15) is 28.0 Å².